The van der Waals surface area contributed by atoms with Gasteiger partial charge in [0.05, 0.1) is 18.3 Å². The maximum atomic E-state index is 11.0. The lowest BCUT2D eigenvalue weighted by atomic mass is 10.0. The number of nitro groups is 1. The summed E-state index contributed by atoms with van der Waals surface area (Å²) in [6.45, 7) is 1.45. The molecule has 2 atom stereocenters. The van der Waals surface area contributed by atoms with Crippen LogP contribution in [0.4, 0.5) is 5.69 Å². The molecule has 2 aromatic rings. The van der Waals surface area contributed by atoms with Crippen LogP contribution in [-0.4, -0.2) is 34.6 Å². The normalized spacial score (nSPS) is 19.0. The van der Waals surface area contributed by atoms with Gasteiger partial charge in [0.15, 0.2) is 0 Å². The van der Waals surface area contributed by atoms with Gasteiger partial charge < -0.3 is 14.3 Å². The Bertz CT molecular complexity index is 716. The lowest BCUT2D eigenvalue weighted by molar-refractivity contribution is -0.385. The van der Waals surface area contributed by atoms with Crippen LogP contribution in [0.3, 0.4) is 0 Å². The third-order valence-corrected chi connectivity index (χ3v) is 4.71. The first-order chi connectivity index (χ1) is 12.1. The summed E-state index contributed by atoms with van der Waals surface area (Å²) in [6.07, 6.45) is 3.50. The van der Waals surface area contributed by atoms with Gasteiger partial charge in [0.1, 0.15) is 17.6 Å². The Morgan fingerprint density at radius 1 is 1.48 bits per heavy atom. The molecule has 25 heavy (non-hydrogen) atoms. The van der Waals surface area contributed by atoms with Gasteiger partial charge >= 0.3 is 0 Å². The first kappa shape index (κ1) is 17.4. The van der Waals surface area contributed by atoms with E-state index in [-0.39, 0.29) is 11.7 Å². The first-order valence-electron chi connectivity index (χ1n) is 8.35. The molecule has 7 nitrogen and oxygen atoms in total. The average Bonchev–Trinajstić information content (AvgIpc) is 3.27. The highest BCUT2D eigenvalue weighted by atomic mass is 16.6. The molecule has 0 radical (unpaired) electrons. The second-order valence-electron chi connectivity index (χ2n) is 6.29. The minimum Gasteiger partial charge on any atom is -0.496 e. The quantitative estimate of drug-likeness (QED) is 0.611. The minimum atomic E-state index is -0.646. The number of nitrogens with zero attached hydrogens (tertiary/aromatic N) is 2. The average molecular weight is 346 g/mol. The highest BCUT2D eigenvalue weighted by Crippen LogP contribution is 2.31. The van der Waals surface area contributed by atoms with Gasteiger partial charge in [-0.15, -0.1) is 0 Å². The fourth-order valence-corrected chi connectivity index (χ4v) is 3.45. The number of methoxy groups -OCH3 is 1. The zero-order chi connectivity index (χ0) is 17.8. The van der Waals surface area contributed by atoms with Crippen LogP contribution in [0, 0.1) is 10.1 Å². The van der Waals surface area contributed by atoms with Gasteiger partial charge in [0, 0.05) is 30.3 Å². The molecule has 134 valence electrons. The Hall–Kier alpha value is -2.38. The second-order valence-corrected chi connectivity index (χ2v) is 6.29. The molecule has 1 aromatic carbocycles. The van der Waals surface area contributed by atoms with Crippen molar-refractivity contribution in [3.8, 4) is 5.75 Å². The molecular formula is C18H22N2O5. The smallest absolute Gasteiger partial charge is 0.270 e. The number of rotatable bonds is 7. The molecule has 1 N–H and O–H groups in total. The van der Waals surface area contributed by atoms with E-state index in [1.165, 1.54) is 6.07 Å². The third kappa shape index (κ3) is 4.00. The van der Waals surface area contributed by atoms with Crippen molar-refractivity contribution in [3.05, 3.63) is 58.0 Å². The van der Waals surface area contributed by atoms with Crippen LogP contribution in [0.2, 0.25) is 0 Å². The highest BCUT2D eigenvalue weighted by Gasteiger charge is 2.29. The molecule has 1 aliphatic rings. The maximum absolute atomic E-state index is 11.0. The van der Waals surface area contributed by atoms with Crippen molar-refractivity contribution in [1.29, 1.82) is 0 Å². The maximum Gasteiger partial charge on any atom is 0.270 e. The predicted molar refractivity (Wildman–Crippen MR) is 91.4 cm³/mol. The topological polar surface area (TPSA) is 89.0 Å². The third-order valence-electron chi connectivity index (χ3n) is 4.71. The van der Waals surface area contributed by atoms with Crippen molar-refractivity contribution in [2.45, 2.75) is 38.0 Å². The van der Waals surface area contributed by atoms with Crippen molar-refractivity contribution < 1.29 is 19.2 Å². The Balaban J connectivity index is 1.73. The van der Waals surface area contributed by atoms with E-state index in [1.54, 1.807) is 37.6 Å². The van der Waals surface area contributed by atoms with Crippen LogP contribution in [0.1, 0.15) is 36.7 Å². The summed E-state index contributed by atoms with van der Waals surface area (Å²) in [5.41, 5.74) is 0.846. The number of furan rings is 1. The zero-order valence-corrected chi connectivity index (χ0v) is 14.1. The number of likely N-dealkylation sites (tertiary alicyclic amines) is 1. The van der Waals surface area contributed by atoms with Gasteiger partial charge in [0.2, 0.25) is 0 Å². The van der Waals surface area contributed by atoms with E-state index >= 15 is 0 Å². The molecule has 1 saturated heterocycles. The van der Waals surface area contributed by atoms with Gasteiger partial charge in [-0.1, -0.05) is 0 Å². The van der Waals surface area contributed by atoms with Crippen molar-refractivity contribution in [1.82, 2.24) is 4.90 Å². The second kappa shape index (κ2) is 7.67. The Morgan fingerprint density at radius 2 is 2.32 bits per heavy atom. The standard InChI is InChI=1S/C18H22N2O5/c1-24-17-7-6-15(20(22)23)10-13(17)12-19-8-2-4-14(19)11-16(21)18-5-3-9-25-18/h3,5-7,9-10,14,16,21H,2,4,8,11-12H2,1H3. The van der Waals surface area contributed by atoms with Crippen molar-refractivity contribution in [3.63, 3.8) is 0 Å². The Morgan fingerprint density at radius 3 is 3.00 bits per heavy atom. The van der Waals surface area contributed by atoms with Crippen LogP contribution in [0.5, 0.6) is 5.75 Å². The van der Waals surface area contributed by atoms with Crippen molar-refractivity contribution in [2.75, 3.05) is 13.7 Å². The number of aliphatic hydroxyl groups excluding tert-OH is 1. The highest BCUT2D eigenvalue weighted by molar-refractivity contribution is 5.43. The van der Waals surface area contributed by atoms with Gasteiger partial charge in [-0.25, -0.2) is 0 Å². The van der Waals surface area contributed by atoms with Crippen LogP contribution in [0.15, 0.2) is 41.0 Å². The van der Waals surface area contributed by atoms with E-state index in [4.69, 9.17) is 9.15 Å². The lowest BCUT2D eigenvalue weighted by Gasteiger charge is -2.26. The van der Waals surface area contributed by atoms with Crippen LogP contribution < -0.4 is 4.74 Å². The number of nitro benzene ring substituents is 1. The SMILES string of the molecule is COc1ccc([N+](=O)[O-])cc1CN1CCCC1CC(O)c1ccco1. The number of non-ortho nitro benzene ring substituents is 1. The van der Waals surface area contributed by atoms with Crippen LogP contribution >= 0.6 is 0 Å². The molecule has 0 saturated carbocycles. The van der Waals surface area contributed by atoms with Crippen LogP contribution in [-0.2, 0) is 6.54 Å². The molecule has 0 aliphatic carbocycles. The van der Waals surface area contributed by atoms with Gasteiger partial charge in [-0.3, -0.25) is 15.0 Å². The number of hydrogen-bond donors (Lipinski definition) is 1. The van der Waals surface area contributed by atoms with E-state index < -0.39 is 11.0 Å². The minimum absolute atomic E-state index is 0.0576. The first-order valence-corrected chi connectivity index (χ1v) is 8.35. The summed E-state index contributed by atoms with van der Waals surface area (Å²) in [5.74, 6) is 1.21. The summed E-state index contributed by atoms with van der Waals surface area (Å²) in [5, 5.41) is 21.4. The molecule has 0 bridgehead atoms. The molecule has 1 aromatic heterocycles. The lowest BCUT2D eigenvalue weighted by Crippen LogP contribution is -2.30. The molecule has 2 unspecified atom stereocenters. The molecular weight excluding hydrogens is 324 g/mol. The summed E-state index contributed by atoms with van der Waals surface area (Å²) >= 11 is 0. The Labute approximate surface area is 146 Å². The fourth-order valence-electron chi connectivity index (χ4n) is 3.45. The fraction of sp³-hybridized carbons (Fsp3) is 0.444. The molecule has 1 aliphatic heterocycles. The van der Waals surface area contributed by atoms with E-state index in [0.717, 1.165) is 24.9 Å². The molecule has 7 heteroatoms. The predicted octanol–water partition coefficient (Wildman–Crippen LogP) is 3.28. The van der Waals surface area contributed by atoms with Crippen molar-refractivity contribution >= 4 is 5.69 Å². The summed E-state index contributed by atoms with van der Waals surface area (Å²) in [4.78, 5) is 12.9. The van der Waals surface area contributed by atoms with Crippen molar-refractivity contribution in [2.24, 2.45) is 0 Å². The largest absolute Gasteiger partial charge is 0.496 e. The number of hydrogen-bond acceptors (Lipinski definition) is 6. The van der Waals surface area contributed by atoms with Gasteiger partial charge in [0.25, 0.3) is 5.69 Å². The zero-order valence-electron chi connectivity index (χ0n) is 14.1. The molecule has 0 amide bonds. The molecule has 3 rings (SSSR count). The number of ether oxygens (including phenoxy) is 1. The van der Waals surface area contributed by atoms with Gasteiger partial charge in [-0.2, -0.15) is 0 Å². The number of aliphatic hydroxyl groups is 1. The van der Waals surface area contributed by atoms with Gasteiger partial charge in [-0.05, 0) is 44.0 Å². The van der Waals surface area contributed by atoms with E-state index in [9.17, 15) is 15.2 Å². The summed E-state index contributed by atoms with van der Waals surface area (Å²) < 4.78 is 10.6. The van der Waals surface area contributed by atoms with E-state index in [0.29, 0.717) is 24.5 Å². The molecule has 1 fully saturated rings. The van der Waals surface area contributed by atoms with Crippen LogP contribution in [0.25, 0.3) is 0 Å². The monoisotopic (exact) mass is 346 g/mol. The summed E-state index contributed by atoms with van der Waals surface area (Å²) in [6, 6.07) is 8.38. The van der Waals surface area contributed by atoms with E-state index in [1.807, 2.05) is 0 Å². The molecule has 0 spiro atoms. The van der Waals surface area contributed by atoms with E-state index in [2.05, 4.69) is 4.90 Å². The molecule has 2 heterocycles. The summed E-state index contributed by atoms with van der Waals surface area (Å²) in [7, 11) is 1.56. The number of benzene rings is 1. The Kier molecular flexibility index (Phi) is 5.35.